The number of benzene rings is 3. The topological polar surface area (TPSA) is 39.4 Å². The van der Waals surface area contributed by atoms with Gasteiger partial charge in [-0.1, -0.05) is 11.6 Å². The minimum atomic E-state index is -0.328. The van der Waals surface area contributed by atoms with E-state index in [4.69, 9.17) is 28.6 Å². The zero-order valence-electron chi connectivity index (χ0n) is 18.0. The summed E-state index contributed by atoms with van der Waals surface area (Å²) >= 11 is 11.8. The van der Waals surface area contributed by atoms with Crippen LogP contribution in [0.2, 0.25) is 5.02 Å². The molecule has 3 aromatic carbocycles. The Labute approximate surface area is 201 Å². The van der Waals surface area contributed by atoms with Gasteiger partial charge in [-0.25, -0.2) is 4.39 Å². The fourth-order valence-corrected chi connectivity index (χ4v) is 3.92. The number of halogens is 2. The van der Waals surface area contributed by atoms with Crippen molar-refractivity contribution >= 4 is 35.4 Å². The number of carbonyl (C=O) groups is 1. The first-order valence-corrected chi connectivity index (χ1v) is 10.9. The summed E-state index contributed by atoms with van der Waals surface area (Å²) in [4.78, 5) is 14.6. The van der Waals surface area contributed by atoms with E-state index in [2.05, 4.69) is 0 Å². The smallest absolute Gasteiger partial charge is 0.246 e. The molecule has 0 fully saturated rings. The Hall–Kier alpha value is -3.42. The summed E-state index contributed by atoms with van der Waals surface area (Å²) in [6.45, 7) is 0.0378. The third-order valence-electron chi connectivity index (χ3n) is 5.32. The number of amides is 1. The molecule has 0 saturated carbocycles. The molecule has 0 atom stereocenters. The van der Waals surface area contributed by atoms with Gasteiger partial charge < -0.3 is 14.2 Å². The van der Waals surface area contributed by atoms with Crippen molar-refractivity contribution in [3.8, 4) is 22.7 Å². The third kappa shape index (κ3) is 4.84. The lowest BCUT2D eigenvalue weighted by Gasteiger charge is -2.18. The Balaban J connectivity index is 1.71. The number of hydrogen-bond donors (Lipinski definition) is 0. The fraction of sp³-hybridized carbons (Fsp3) is 0.120. The Bertz CT molecular complexity index is 1330. The lowest BCUT2D eigenvalue weighted by molar-refractivity contribution is -0.118. The molecule has 4 rings (SSSR count). The second-order valence-electron chi connectivity index (χ2n) is 7.39. The minimum absolute atomic E-state index is 0.0378. The summed E-state index contributed by atoms with van der Waals surface area (Å²) in [6.07, 6.45) is 1.81. The Morgan fingerprint density at radius 3 is 2.27 bits per heavy atom. The largest absolute Gasteiger partial charge is 0.497 e. The number of nitrogens with zero attached hydrogens (tertiary/aromatic N) is 3. The average Bonchev–Trinajstić information content (AvgIpc) is 3.15. The number of likely N-dealkylation sites (N-methyl/N-ethyl adjacent to an activating group) is 1. The van der Waals surface area contributed by atoms with Gasteiger partial charge in [-0.3, -0.25) is 9.36 Å². The molecule has 0 bridgehead atoms. The lowest BCUT2D eigenvalue weighted by Crippen LogP contribution is -2.29. The van der Waals surface area contributed by atoms with Crippen molar-refractivity contribution in [2.75, 3.05) is 19.1 Å². The molecule has 168 valence electrons. The van der Waals surface area contributed by atoms with Gasteiger partial charge in [0.25, 0.3) is 0 Å². The molecule has 8 heteroatoms. The standard InChI is InChI=1S/C25H21ClFN3O2S/c1-28(20-11-13-22(32-2)14-12-20)24(31)16-29-15-23(17-3-7-19(27)8-4-17)30(25(29)33)21-9-5-18(26)6-10-21/h3-15H,16H2,1-2H3. The van der Waals surface area contributed by atoms with Crippen molar-refractivity contribution in [3.05, 3.63) is 94.6 Å². The van der Waals surface area contributed by atoms with Gasteiger partial charge >= 0.3 is 0 Å². The second-order valence-corrected chi connectivity index (χ2v) is 8.20. The predicted molar refractivity (Wildman–Crippen MR) is 131 cm³/mol. The molecule has 0 saturated heterocycles. The maximum Gasteiger partial charge on any atom is 0.246 e. The van der Waals surface area contributed by atoms with E-state index in [-0.39, 0.29) is 18.3 Å². The average molecular weight is 482 g/mol. The molecule has 33 heavy (non-hydrogen) atoms. The monoisotopic (exact) mass is 481 g/mol. The van der Waals surface area contributed by atoms with Gasteiger partial charge in [0.05, 0.1) is 12.8 Å². The van der Waals surface area contributed by atoms with Gasteiger partial charge in [-0.2, -0.15) is 0 Å². The maximum absolute atomic E-state index is 13.5. The Morgan fingerprint density at radius 2 is 1.67 bits per heavy atom. The maximum atomic E-state index is 13.5. The Morgan fingerprint density at radius 1 is 1.03 bits per heavy atom. The van der Waals surface area contributed by atoms with Crippen LogP contribution in [0.3, 0.4) is 0 Å². The molecule has 0 unspecified atom stereocenters. The molecule has 0 aliphatic rings. The molecule has 0 N–H and O–H groups in total. The molecule has 1 aromatic heterocycles. The number of rotatable bonds is 6. The van der Waals surface area contributed by atoms with Crippen molar-refractivity contribution < 1.29 is 13.9 Å². The third-order valence-corrected chi connectivity index (χ3v) is 5.99. The number of anilines is 1. The van der Waals surface area contributed by atoms with Crippen molar-refractivity contribution in [1.82, 2.24) is 9.13 Å². The van der Waals surface area contributed by atoms with Crippen LogP contribution in [0.15, 0.2) is 79.0 Å². The van der Waals surface area contributed by atoms with Crippen molar-refractivity contribution in [3.63, 3.8) is 0 Å². The number of hydrogen-bond acceptors (Lipinski definition) is 3. The van der Waals surface area contributed by atoms with Crippen LogP contribution >= 0.6 is 23.8 Å². The van der Waals surface area contributed by atoms with E-state index < -0.39 is 0 Å². The van der Waals surface area contributed by atoms with E-state index >= 15 is 0 Å². The zero-order chi connectivity index (χ0) is 23.5. The van der Waals surface area contributed by atoms with Gasteiger partial charge in [0, 0.05) is 35.2 Å². The first-order chi connectivity index (χ1) is 15.9. The molecule has 1 heterocycles. The summed E-state index contributed by atoms with van der Waals surface area (Å²) in [5, 5.41) is 0.601. The van der Waals surface area contributed by atoms with Gasteiger partial charge in [0.1, 0.15) is 18.1 Å². The van der Waals surface area contributed by atoms with E-state index in [0.29, 0.717) is 15.5 Å². The van der Waals surface area contributed by atoms with Gasteiger partial charge in [0.2, 0.25) is 5.91 Å². The number of methoxy groups -OCH3 is 1. The predicted octanol–water partition coefficient (Wildman–Crippen LogP) is 6.14. The minimum Gasteiger partial charge on any atom is -0.497 e. The molecular weight excluding hydrogens is 461 g/mol. The van der Waals surface area contributed by atoms with Crippen LogP contribution in [0, 0.1) is 10.6 Å². The zero-order valence-corrected chi connectivity index (χ0v) is 19.6. The fourth-order valence-electron chi connectivity index (χ4n) is 3.47. The van der Waals surface area contributed by atoms with E-state index in [1.54, 1.807) is 60.0 Å². The SMILES string of the molecule is COc1ccc(N(C)C(=O)Cn2cc(-c3ccc(F)cc3)n(-c3ccc(Cl)cc3)c2=S)cc1. The van der Waals surface area contributed by atoms with Crippen molar-refractivity contribution in [2.24, 2.45) is 0 Å². The number of aromatic nitrogens is 2. The first kappa shape index (κ1) is 22.8. The van der Waals surface area contributed by atoms with Crippen LogP contribution in [0.25, 0.3) is 16.9 Å². The van der Waals surface area contributed by atoms with E-state index in [1.165, 1.54) is 12.1 Å². The Kier molecular flexibility index (Phi) is 6.62. The van der Waals surface area contributed by atoms with Crippen LogP contribution in [0.1, 0.15) is 0 Å². The van der Waals surface area contributed by atoms with E-state index in [0.717, 1.165) is 22.6 Å². The normalized spacial score (nSPS) is 10.8. The van der Waals surface area contributed by atoms with Gasteiger partial charge in [0.15, 0.2) is 4.77 Å². The summed E-state index contributed by atoms with van der Waals surface area (Å²) in [5.41, 5.74) is 3.04. The highest BCUT2D eigenvalue weighted by molar-refractivity contribution is 7.71. The van der Waals surface area contributed by atoms with Gasteiger partial charge in [-0.05, 0) is 85.0 Å². The van der Waals surface area contributed by atoms with E-state index in [1.807, 2.05) is 35.0 Å². The van der Waals surface area contributed by atoms with Crippen molar-refractivity contribution in [2.45, 2.75) is 6.54 Å². The lowest BCUT2D eigenvalue weighted by atomic mass is 10.1. The number of ether oxygens (including phenoxy) is 1. The summed E-state index contributed by atoms with van der Waals surface area (Å²) in [7, 11) is 3.31. The summed E-state index contributed by atoms with van der Waals surface area (Å²) in [6, 6.07) is 20.6. The van der Waals surface area contributed by atoms with Crippen molar-refractivity contribution in [1.29, 1.82) is 0 Å². The molecule has 0 aliphatic carbocycles. The molecule has 5 nitrogen and oxygen atoms in total. The molecule has 4 aromatic rings. The van der Waals surface area contributed by atoms with Crippen LogP contribution in [0.4, 0.5) is 10.1 Å². The molecule has 0 radical (unpaired) electrons. The number of imidazole rings is 1. The highest BCUT2D eigenvalue weighted by Gasteiger charge is 2.17. The highest BCUT2D eigenvalue weighted by atomic mass is 35.5. The first-order valence-electron chi connectivity index (χ1n) is 10.1. The molecule has 1 amide bonds. The summed E-state index contributed by atoms with van der Waals surface area (Å²) < 4.78 is 22.7. The molecule has 0 aliphatic heterocycles. The van der Waals surface area contributed by atoms with Crippen LogP contribution in [-0.2, 0) is 11.3 Å². The quantitative estimate of drug-likeness (QED) is 0.310. The van der Waals surface area contributed by atoms with Crippen LogP contribution < -0.4 is 9.64 Å². The molecular formula is C25H21ClFN3O2S. The van der Waals surface area contributed by atoms with Crippen LogP contribution in [-0.4, -0.2) is 29.2 Å². The van der Waals surface area contributed by atoms with Gasteiger partial charge in [-0.15, -0.1) is 0 Å². The second kappa shape index (κ2) is 9.60. The highest BCUT2D eigenvalue weighted by Crippen LogP contribution is 2.27. The van der Waals surface area contributed by atoms with Crippen LogP contribution in [0.5, 0.6) is 5.75 Å². The summed E-state index contributed by atoms with van der Waals surface area (Å²) in [5.74, 6) is 0.243. The van der Waals surface area contributed by atoms with E-state index in [9.17, 15) is 9.18 Å². The molecule has 0 spiro atoms. The number of carbonyl (C=O) groups excluding carboxylic acids is 1.